The Bertz CT molecular complexity index is 148. The van der Waals surface area contributed by atoms with Gasteiger partial charge in [-0.2, -0.15) is 13.2 Å². The van der Waals surface area contributed by atoms with E-state index in [4.69, 9.17) is 5.84 Å². The molecule has 1 atom stereocenters. The molecule has 1 saturated heterocycles. The van der Waals surface area contributed by atoms with E-state index in [0.717, 1.165) is 0 Å². The molecule has 0 amide bonds. The summed E-state index contributed by atoms with van der Waals surface area (Å²) in [7, 11) is 0. The fourth-order valence-corrected chi connectivity index (χ4v) is 1.09. The van der Waals surface area contributed by atoms with E-state index >= 15 is 0 Å². The summed E-state index contributed by atoms with van der Waals surface area (Å²) >= 11 is 0. The number of nitrogens with two attached hydrogens (primary N) is 1. The molecule has 4 nitrogen and oxygen atoms in total. The molecule has 4 N–H and O–H groups in total. The van der Waals surface area contributed by atoms with Crippen molar-refractivity contribution >= 4 is 0 Å². The third kappa shape index (κ3) is 2.31. The molecule has 0 saturated carbocycles. The minimum atomic E-state index is -4.25. The van der Waals surface area contributed by atoms with Gasteiger partial charge in [-0.1, -0.05) is 0 Å². The van der Waals surface area contributed by atoms with Crippen LogP contribution in [0.5, 0.6) is 0 Å². The molecule has 0 spiro atoms. The Kier molecular flexibility index (Phi) is 2.89. The smallest absolute Gasteiger partial charge is 0.299 e. The van der Waals surface area contributed by atoms with Gasteiger partial charge in [-0.3, -0.25) is 11.2 Å². The third-order valence-electron chi connectivity index (χ3n) is 1.74. The average Bonchev–Trinajstić information content (AvgIpc) is 2.03. The summed E-state index contributed by atoms with van der Waals surface area (Å²) < 4.78 is 36.2. The maximum Gasteiger partial charge on any atom is 0.460 e. The van der Waals surface area contributed by atoms with Crippen LogP contribution < -0.4 is 16.6 Å². The van der Waals surface area contributed by atoms with Crippen molar-refractivity contribution in [3.05, 3.63) is 0 Å². The second-order valence-corrected chi connectivity index (χ2v) is 2.59. The molecule has 0 aliphatic carbocycles. The molecule has 72 valence electrons. The highest BCUT2D eigenvalue weighted by Gasteiger charge is 2.39. The molecule has 0 bridgehead atoms. The first-order chi connectivity index (χ1) is 5.54. The van der Waals surface area contributed by atoms with Crippen molar-refractivity contribution in [3.8, 4) is 0 Å². The molecule has 12 heavy (non-hydrogen) atoms. The number of hydrogen-bond donors (Lipinski definition) is 3. The molecular weight excluding hydrogens is 173 g/mol. The quantitative estimate of drug-likeness (QED) is 0.284. The summed E-state index contributed by atoms with van der Waals surface area (Å²) in [5.41, 5.74) is 2.25. The molecule has 7 heteroatoms. The van der Waals surface area contributed by atoms with Gasteiger partial charge in [-0.15, -0.1) is 0 Å². The van der Waals surface area contributed by atoms with Gasteiger partial charge >= 0.3 is 6.30 Å². The first-order valence-corrected chi connectivity index (χ1v) is 3.55. The molecule has 0 aromatic heterocycles. The van der Waals surface area contributed by atoms with Crippen LogP contribution in [0.25, 0.3) is 0 Å². The van der Waals surface area contributed by atoms with Gasteiger partial charge in [-0.05, 0) is 0 Å². The van der Waals surface area contributed by atoms with Gasteiger partial charge in [0.05, 0.1) is 6.17 Å². The van der Waals surface area contributed by atoms with E-state index in [1.165, 1.54) is 0 Å². The van der Waals surface area contributed by atoms with Crippen LogP contribution in [0.15, 0.2) is 0 Å². The Hall–Kier alpha value is -0.370. The van der Waals surface area contributed by atoms with Crippen molar-refractivity contribution in [1.82, 2.24) is 15.6 Å². The molecule has 1 rings (SSSR count). The highest BCUT2D eigenvalue weighted by atomic mass is 19.4. The molecule has 0 radical (unpaired) electrons. The zero-order chi connectivity index (χ0) is 9.19. The summed E-state index contributed by atoms with van der Waals surface area (Å²) in [6, 6.07) is 0. The van der Waals surface area contributed by atoms with Gasteiger partial charge in [0.1, 0.15) is 0 Å². The number of nitrogens with one attached hydrogen (secondary N) is 2. The molecule has 0 aromatic rings. The average molecular weight is 184 g/mol. The largest absolute Gasteiger partial charge is 0.460 e. The van der Waals surface area contributed by atoms with Gasteiger partial charge < -0.3 is 0 Å². The number of rotatable bonds is 1. The highest BCUT2D eigenvalue weighted by Crippen LogP contribution is 2.21. The predicted octanol–water partition coefficient (Wildman–Crippen LogP) is -0.799. The van der Waals surface area contributed by atoms with Crippen LogP contribution in [0.4, 0.5) is 13.2 Å². The van der Waals surface area contributed by atoms with Crippen LogP contribution in [-0.4, -0.2) is 37.0 Å². The lowest BCUT2D eigenvalue weighted by molar-refractivity contribution is -0.251. The first kappa shape index (κ1) is 9.72. The van der Waals surface area contributed by atoms with E-state index in [1.807, 2.05) is 0 Å². The van der Waals surface area contributed by atoms with Crippen molar-refractivity contribution < 1.29 is 13.2 Å². The summed E-state index contributed by atoms with van der Waals surface area (Å²) in [4.78, 5) is 0.425. The number of alkyl halides is 3. The SMILES string of the molecule is NN[C@@H]1CN(C(F)(F)F)CCN1. The number of nitrogens with zero attached hydrogens (tertiary/aromatic N) is 1. The van der Waals surface area contributed by atoms with Crippen LogP contribution in [0, 0.1) is 0 Å². The lowest BCUT2D eigenvalue weighted by Gasteiger charge is -2.33. The van der Waals surface area contributed by atoms with E-state index in [1.54, 1.807) is 0 Å². The van der Waals surface area contributed by atoms with Gasteiger partial charge in [0.2, 0.25) is 0 Å². The number of hydrazine groups is 1. The highest BCUT2D eigenvalue weighted by molar-refractivity contribution is 4.76. The Balaban J connectivity index is 2.46. The first-order valence-electron chi connectivity index (χ1n) is 3.55. The Labute approximate surface area is 67.9 Å². The van der Waals surface area contributed by atoms with E-state index in [9.17, 15) is 13.2 Å². The minimum Gasteiger partial charge on any atom is -0.299 e. The van der Waals surface area contributed by atoms with Crippen molar-refractivity contribution in [1.29, 1.82) is 0 Å². The number of piperazine rings is 1. The van der Waals surface area contributed by atoms with Crippen LogP contribution in [0.3, 0.4) is 0 Å². The molecule has 0 aromatic carbocycles. The van der Waals surface area contributed by atoms with E-state index < -0.39 is 12.5 Å². The number of halogens is 3. The van der Waals surface area contributed by atoms with Crippen molar-refractivity contribution in [2.75, 3.05) is 19.6 Å². The van der Waals surface area contributed by atoms with Crippen molar-refractivity contribution in [2.24, 2.45) is 5.84 Å². The summed E-state index contributed by atoms with van der Waals surface area (Å²) in [6.07, 6.45) is -4.74. The van der Waals surface area contributed by atoms with Crippen molar-refractivity contribution in [3.63, 3.8) is 0 Å². The lowest BCUT2D eigenvalue weighted by atomic mass is 10.3. The Morgan fingerprint density at radius 2 is 2.17 bits per heavy atom. The molecular formula is C5H11F3N4. The normalized spacial score (nSPS) is 27.5. The van der Waals surface area contributed by atoms with E-state index in [2.05, 4.69) is 10.7 Å². The molecule has 1 aliphatic heterocycles. The third-order valence-corrected chi connectivity index (χ3v) is 1.74. The van der Waals surface area contributed by atoms with Crippen molar-refractivity contribution in [2.45, 2.75) is 12.5 Å². The Morgan fingerprint density at radius 3 is 2.67 bits per heavy atom. The van der Waals surface area contributed by atoms with E-state index in [-0.39, 0.29) is 19.6 Å². The predicted molar refractivity (Wildman–Crippen MR) is 36.7 cm³/mol. The van der Waals surface area contributed by atoms with Crippen LogP contribution in [0.2, 0.25) is 0 Å². The van der Waals surface area contributed by atoms with Crippen LogP contribution in [0.1, 0.15) is 0 Å². The second kappa shape index (κ2) is 3.56. The second-order valence-electron chi connectivity index (χ2n) is 2.59. The van der Waals surface area contributed by atoms with Gasteiger partial charge in [-0.25, -0.2) is 10.3 Å². The standard InChI is InChI=1S/C5H11F3N4/c6-5(7,8)12-2-1-10-4(3-12)11-9/h4,10-11H,1-3,9H2/t4-/m1/s1. The maximum atomic E-state index is 12.1. The topological polar surface area (TPSA) is 53.3 Å². The van der Waals surface area contributed by atoms with Crippen LogP contribution in [-0.2, 0) is 0 Å². The summed E-state index contributed by atoms with van der Waals surface area (Å²) in [5.74, 6) is 5.00. The fourth-order valence-electron chi connectivity index (χ4n) is 1.09. The molecule has 1 fully saturated rings. The number of hydrogen-bond acceptors (Lipinski definition) is 4. The minimum absolute atomic E-state index is 0.0261. The van der Waals surface area contributed by atoms with E-state index in [0.29, 0.717) is 4.90 Å². The molecule has 1 aliphatic rings. The zero-order valence-electron chi connectivity index (χ0n) is 6.36. The fraction of sp³-hybridized carbons (Fsp3) is 1.00. The maximum absolute atomic E-state index is 12.1. The van der Waals surface area contributed by atoms with Gasteiger partial charge in [0, 0.05) is 19.6 Å². The molecule has 1 heterocycles. The monoisotopic (exact) mass is 184 g/mol. The zero-order valence-corrected chi connectivity index (χ0v) is 6.36. The Morgan fingerprint density at radius 1 is 1.50 bits per heavy atom. The summed E-state index contributed by atoms with van der Waals surface area (Å²) in [5, 5.41) is 2.79. The van der Waals surface area contributed by atoms with Gasteiger partial charge in [0.15, 0.2) is 0 Å². The van der Waals surface area contributed by atoms with Crippen LogP contribution >= 0.6 is 0 Å². The van der Waals surface area contributed by atoms with Gasteiger partial charge in [0.25, 0.3) is 0 Å². The summed E-state index contributed by atoms with van der Waals surface area (Å²) in [6.45, 7) is 0.107. The molecule has 0 unspecified atom stereocenters. The lowest BCUT2D eigenvalue weighted by Crippen LogP contribution is -2.61.